The monoisotopic (exact) mass is 1480 g/mol. The van der Waals surface area contributed by atoms with Crippen LogP contribution in [0.5, 0.6) is 5.75 Å². The van der Waals surface area contributed by atoms with Gasteiger partial charge >= 0.3 is 24.1 Å². The van der Waals surface area contributed by atoms with Crippen LogP contribution in [0.25, 0.3) is 0 Å². The molecule has 2 aromatic carbocycles. The summed E-state index contributed by atoms with van der Waals surface area (Å²) in [6.45, 7) is 10.9. The number of amides is 7. The number of ether oxygens (including phenoxy) is 6. The number of epoxide rings is 1. The first-order chi connectivity index (χ1) is 44.9. The fourth-order valence-electron chi connectivity index (χ4n) is 11.6. The number of carbonyl (C=O) groups is 10. The lowest BCUT2D eigenvalue weighted by atomic mass is 9.78. The van der Waals surface area contributed by atoms with E-state index in [-0.39, 0.29) is 99.0 Å². The van der Waals surface area contributed by atoms with Crippen LogP contribution in [0.4, 0.5) is 15.3 Å². The second kappa shape index (κ2) is 37.3. The Hall–Kier alpha value is -6.45. The highest BCUT2D eigenvalue weighted by atomic mass is 79.9. The first-order valence-corrected chi connectivity index (χ1v) is 34.8. The maximum atomic E-state index is 14.5. The number of likely N-dealkylation sites (N-methyl/N-ethyl adjacent to an activating group) is 1. The van der Waals surface area contributed by atoms with Gasteiger partial charge in [-0.2, -0.15) is 0 Å². The van der Waals surface area contributed by atoms with Gasteiger partial charge in [-0.05, 0) is 87.6 Å². The van der Waals surface area contributed by atoms with Gasteiger partial charge in [0.2, 0.25) is 23.6 Å². The third kappa shape index (κ3) is 23.1. The predicted octanol–water partition coefficient (Wildman–Crippen LogP) is 7.78. The number of halogens is 3. The van der Waals surface area contributed by atoms with E-state index < -0.39 is 108 Å². The van der Waals surface area contributed by atoms with E-state index in [9.17, 15) is 53.1 Å². The zero-order chi connectivity index (χ0) is 70.5. The van der Waals surface area contributed by atoms with Crippen LogP contribution in [-0.4, -0.2) is 188 Å². The number of fused-ring (bicyclic) bond motifs is 5. The average Bonchev–Trinajstić information content (AvgIpc) is 1.58. The summed E-state index contributed by atoms with van der Waals surface area (Å²) in [4.78, 5) is 137. The number of methoxy groups -OCH3 is 2. The Morgan fingerprint density at radius 3 is 2.24 bits per heavy atom. The minimum atomic E-state index is -1.66. The second-order valence-corrected chi connectivity index (χ2v) is 27.3. The van der Waals surface area contributed by atoms with Crippen molar-refractivity contribution in [2.75, 3.05) is 70.6 Å². The lowest BCUT2D eigenvalue weighted by Gasteiger charge is -2.41. The molecule has 3 aliphatic heterocycles. The molecule has 7 amide bonds. The maximum absolute atomic E-state index is 14.5. The number of esters is 2. The summed E-state index contributed by atoms with van der Waals surface area (Å²) in [5, 5.41) is 21.6. The summed E-state index contributed by atoms with van der Waals surface area (Å²) >= 11 is 13.5. The molecule has 0 radical (unpaired) electrons. The van der Waals surface area contributed by atoms with Gasteiger partial charge in [0.05, 0.1) is 43.7 Å². The number of nitrogens with two attached hydrogens (primary N) is 1. The number of ketones is 2. The minimum absolute atomic E-state index is 0.000189. The molecule has 0 aliphatic carbocycles. The number of unbranched alkanes of at least 4 members (excludes halogenated alkanes) is 2. The van der Waals surface area contributed by atoms with Crippen LogP contribution in [0, 0.1) is 23.7 Å². The van der Waals surface area contributed by atoms with Crippen LogP contribution < -0.4 is 31.3 Å². The van der Waals surface area contributed by atoms with Gasteiger partial charge < -0.3 is 69.9 Å². The molecule has 10 atom stereocenters. The van der Waals surface area contributed by atoms with Crippen LogP contribution in [0.15, 0.2) is 60.2 Å². The Bertz CT molecular complexity index is 3090. The van der Waals surface area contributed by atoms with Gasteiger partial charge in [-0.25, -0.2) is 14.4 Å². The van der Waals surface area contributed by atoms with Crippen LogP contribution in [0.2, 0.25) is 5.02 Å². The fourth-order valence-corrected chi connectivity index (χ4v) is 13.6. The predicted molar refractivity (Wildman–Crippen MR) is 364 cm³/mol. The summed E-state index contributed by atoms with van der Waals surface area (Å²) < 4.78 is 35.3. The summed E-state index contributed by atoms with van der Waals surface area (Å²) in [5.74, 6) is -4.74. The van der Waals surface area contributed by atoms with Crippen LogP contribution in [0.3, 0.4) is 0 Å². The molecule has 2 aromatic rings. The highest BCUT2D eigenvalue weighted by Gasteiger charge is 2.64. The van der Waals surface area contributed by atoms with E-state index in [2.05, 4.69) is 47.8 Å². The largest absolute Gasteiger partial charge is 0.495 e. The molecule has 3 aliphatic rings. The third-order valence-corrected chi connectivity index (χ3v) is 19.9. The highest BCUT2D eigenvalue weighted by molar-refractivity contribution is 9.09. The number of urea groups is 1. The van der Waals surface area contributed by atoms with Crippen molar-refractivity contribution in [1.82, 2.24) is 25.8 Å². The maximum Gasteiger partial charge on any atom is 0.409 e. The van der Waals surface area contributed by atoms with Gasteiger partial charge in [-0.1, -0.05) is 119 Å². The van der Waals surface area contributed by atoms with Crippen molar-refractivity contribution in [3.63, 3.8) is 0 Å². The van der Waals surface area contributed by atoms with Crippen LogP contribution >= 0.6 is 43.5 Å². The lowest BCUT2D eigenvalue weighted by molar-refractivity contribution is -0.187. The van der Waals surface area contributed by atoms with E-state index in [1.165, 1.54) is 57.0 Å². The fraction of sp³-hybridized carbons (Fsp3) is 0.618. The van der Waals surface area contributed by atoms with E-state index in [1.807, 2.05) is 26.8 Å². The van der Waals surface area contributed by atoms with Gasteiger partial charge in [0.1, 0.15) is 58.7 Å². The van der Waals surface area contributed by atoms with Crippen LogP contribution in [-0.2, 0) is 81.5 Å². The summed E-state index contributed by atoms with van der Waals surface area (Å²) in [6.07, 6.45) is 2.95. The third-order valence-electron chi connectivity index (χ3n) is 18.0. The Morgan fingerprint density at radius 2 is 1.60 bits per heavy atom. The molecular formula is C68H96Br2ClN7O17. The van der Waals surface area contributed by atoms with Crippen molar-refractivity contribution in [3.05, 3.63) is 81.9 Å². The number of aliphatic hydroxyl groups is 1. The number of nitrogens with one attached hydrogen (secondary N) is 3. The van der Waals surface area contributed by atoms with E-state index >= 15 is 0 Å². The van der Waals surface area contributed by atoms with Gasteiger partial charge in [-0.3, -0.25) is 33.6 Å². The number of hydrogen-bond acceptors (Lipinski definition) is 17. The molecule has 24 nitrogen and oxygen atoms in total. The molecule has 0 saturated carbocycles. The van der Waals surface area contributed by atoms with E-state index in [0.717, 1.165) is 17.6 Å². The van der Waals surface area contributed by atoms with Gasteiger partial charge in [0, 0.05) is 102 Å². The Labute approximate surface area is 579 Å². The van der Waals surface area contributed by atoms with E-state index in [0.29, 0.717) is 65.5 Å². The summed E-state index contributed by atoms with van der Waals surface area (Å²) in [7, 11) is 7.30. The molecular weight excluding hydrogens is 1380 g/mol. The summed E-state index contributed by atoms with van der Waals surface area (Å²) in [5.41, 5.74) is 5.46. The molecule has 526 valence electrons. The zero-order valence-corrected chi connectivity index (χ0v) is 60.4. The standard InChI is InChI=1S/C68H96Br2ClN7O17/c1-40(2)49(33-48(79)18-13-12-14-26-73-62(84)47(37-69)38-70)63(85)75-50(19-16-27-74-65(72)87)52(80)31-44-21-23-45(24-22-44)39-92-66(88)76(7)28-25-57(81)77(8)43(5)64(86)94-56-34-58(82)78(9)51-30-46(32-53(90-10)60(51)71)29-41(3)17-15-20-55(91-11)68(89)35-54(93-59(83)36-68)42(4)61-67(56,6)95-61/h15,17,20-24,30,32,40,42-43,47,49-50,54-56,61,89H,12-14,16,18-19,25-29,31,33-39H2,1-11H3,(H,73,84)(H,75,85)(H3,72,74,87)/b20-15+,41-17+/t42-,43+,49+,50+,54+,55-,56-,61+,67+,68-/m1/s1. The normalized spacial score (nSPS) is 23.1. The number of primary amides is 1. The molecule has 4 bridgehead atoms. The molecule has 2 fully saturated rings. The topological polar surface area (TPSA) is 321 Å². The van der Waals surface area contributed by atoms with Crippen molar-refractivity contribution in [2.24, 2.45) is 29.4 Å². The quantitative estimate of drug-likeness (QED) is 0.0158. The van der Waals surface area contributed by atoms with Gasteiger partial charge in [0.15, 0.2) is 5.78 Å². The molecule has 5 rings (SSSR count). The van der Waals surface area contributed by atoms with Crippen molar-refractivity contribution >= 4 is 108 Å². The molecule has 3 heterocycles. The molecule has 95 heavy (non-hydrogen) atoms. The van der Waals surface area contributed by atoms with Gasteiger partial charge in [0.25, 0.3) is 0 Å². The SMILES string of the molecule is COc1cc2cc(c1Cl)N(C)C(=O)C[C@@H](OC(=O)[C@H](C)N(C)C(=O)CCN(C)C(=O)OCc1ccc(CC(=O)[C@H](CCCNC(N)=O)NC(=O)[C@@H](CC(=O)CCCCCNC(=O)C(CBr)CBr)C(C)C)cc1)[C@]1(C)O[C@H]1[C@H](C)[C@@H]1C[C@@](O)(CC(=O)O1)[C@H](OC)/C=C/C=C(\C)C2. The Balaban J connectivity index is 1.18. The first kappa shape index (κ1) is 79.2. The number of nitrogens with zero attached hydrogens (tertiary/aromatic N) is 3. The second-order valence-electron chi connectivity index (χ2n) is 25.6. The van der Waals surface area contributed by atoms with Crippen molar-refractivity contribution in [3.8, 4) is 5.75 Å². The Kier molecular flexibility index (Phi) is 31.1. The minimum Gasteiger partial charge on any atom is -0.495 e. The Morgan fingerprint density at radius 1 is 0.926 bits per heavy atom. The van der Waals surface area contributed by atoms with E-state index in [1.54, 1.807) is 62.4 Å². The van der Waals surface area contributed by atoms with Crippen LogP contribution in [0.1, 0.15) is 129 Å². The molecule has 0 aromatic heterocycles. The number of rotatable bonds is 31. The van der Waals surface area contributed by atoms with E-state index in [4.69, 9.17) is 45.8 Å². The number of alkyl halides is 2. The zero-order valence-electron chi connectivity index (χ0n) is 56.4. The molecule has 0 unspecified atom stereocenters. The number of benzene rings is 2. The van der Waals surface area contributed by atoms with Crippen molar-refractivity contribution in [1.29, 1.82) is 0 Å². The summed E-state index contributed by atoms with van der Waals surface area (Å²) in [6, 6.07) is 7.43. The number of anilines is 1. The highest BCUT2D eigenvalue weighted by Crippen LogP contribution is 2.50. The number of Topliss-reactive ketones (excluding diaryl/α,β-unsaturated/α-hetero) is 2. The van der Waals surface area contributed by atoms with Gasteiger partial charge in [-0.15, -0.1) is 0 Å². The average molecular weight is 1480 g/mol. The number of carbonyl (C=O) groups excluding carboxylic acids is 10. The van der Waals surface area contributed by atoms with Crippen molar-refractivity contribution in [2.45, 2.75) is 179 Å². The molecule has 6 N–H and O–H groups in total. The number of allylic oxidation sites excluding steroid dienone is 3. The molecule has 0 spiro atoms. The van der Waals surface area contributed by atoms with Crippen molar-refractivity contribution < 1.29 is 81.5 Å². The number of hydrogen-bond donors (Lipinski definition) is 5. The molecule has 2 saturated heterocycles. The smallest absolute Gasteiger partial charge is 0.409 e. The first-order valence-electron chi connectivity index (χ1n) is 32.2. The lowest BCUT2D eigenvalue weighted by Crippen LogP contribution is -2.53. The molecule has 27 heteroatoms.